The van der Waals surface area contributed by atoms with E-state index in [-0.39, 0.29) is 5.94 Å². The van der Waals surface area contributed by atoms with Gasteiger partial charge in [0.25, 0.3) is 0 Å². The predicted octanol–water partition coefficient (Wildman–Crippen LogP) is 5.12. The Balaban J connectivity index is 1.84. The minimum absolute atomic E-state index is 0.364. The highest BCUT2D eigenvalue weighted by molar-refractivity contribution is 7.99. The summed E-state index contributed by atoms with van der Waals surface area (Å²) < 4.78 is 12.3. The van der Waals surface area contributed by atoms with Gasteiger partial charge in [-0.2, -0.15) is 0 Å². The maximum absolute atomic E-state index is 6.54. The van der Waals surface area contributed by atoms with Gasteiger partial charge in [-0.05, 0) is 63.6 Å². The van der Waals surface area contributed by atoms with Crippen molar-refractivity contribution < 1.29 is 9.31 Å². The van der Waals surface area contributed by atoms with E-state index in [1.54, 1.807) is 11.8 Å². The monoisotopic (exact) mass is 375 g/mol. The van der Waals surface area contributed by atoms with Gasteiger partial charge in [0.05, 0.1) is 17.1 Å². The van der Waals surface area contributed by atoms with Crippen LogP contribution in [0.25, 0.3) is 0 Å². The van der Waals surface area contributed by atoms with E-state index in [9.17, 15) is 0 Å². The molecule has 3 rings (SSSR count). The van der Waals surface area contributed by atoms with Crippen molar-refractivity contribution in [1.29, 1.82) is 0 Å². The molecule has 1 heterocycles. The lowest BCUT2D eigenvalue weighted by atomic mass is 9.75. The van der Waals surface area contributed by atoms with Crippen molar-refractivity contribution in [3.05, 3.63) is 59.1 Å². The maximum atomic E-state index is 6.54. The normalized spacial score (nSPS) is 19.8. The predicted molar refractivity (Wildman–Crippen MR) is 105 cm³/mol. The van der Waals surface area contributed by atoms with Crippen LogP contribution in [0, 0.1) is 0 Å². The Morgan fingerprint density at radius 3 is 2.12 bits per heavy atom. The molecular formula is C19H23BClNO2S. The second kappa shape index (κ2) is 6.97. The zero-order chi connectivity index (χ0) is 18.2. The van der Waals surface area contributed by atoms with Gasteiger partial charge in [-0.15, -0.1) is 0 Å². The number of rotatable bonds is 4. The summed E-state index contributed by atoms with van der Waals surface area (Å²) >= 11 is 7.63. The summed E-state index contributed by atoms with van der Waals surface area (Å²) in [5.41, 5.74) is 6.76. The van der Waals surface area contributed by atoms with Crippen LogP contribution >= 0.6 is 23.4 Å². The molecule has 1 atom stereocenters. The quantitative estimate of drug-likeness (QED) is 0.753. The van der Waals surface area contributed by atoms with Crippen molar-refractivity contribution in [1.82, 2.24) is 0 Å². The molecule has 1 aliphatic heterocycles. The molecule has 0 radical (unpaired) electrons. The Bertz CT molecular complexity index is 735. The molecule has 0 amide bonds. The second-order valence-corrected chi connectivity index (χ2v) is 8.80. The molecule has 1 saturated heterocycles. The molecule has 3 nitrogen and oxygen atoms in total. The number of benzene rings is 2. The molecule has 1 fully saturated rings. The van der Waals surface area contributed by atoms with E-state index in [0.717, 1.165) is 20.4 Å². The lowest BCUT2D eigenvalue weighted by Gasteiger charge is -2.32. The second-order valence-electron chi connectivity index (χ2n) is 7.24. The summed E-state index contributed by atoms with van der Waals surface area (Å²) in [6.07, 6.45) is 0. The molecule has 0 bridgehead atoms. The summed E-state index contributed by atoms with van der Waals surface area (Å²) in [4.78, 5) is 2.20. The summed E-state index contributed by atoms with van der Waals surface area (Å²) in [6.45, 7) is 8.14. The van der Waals surface area contributed by atoms with E-state index in [1.165, 1.54) is 0 Å². The fourth-order valence-electron chi connectivity index (χ4n) is 2.66. The van der Waals surface area contributed by atoms with E-state index < -0.39 is 18.3 Å². The van der Waals surface area contributed by atoms with Crippen molar-refractivity contribution >= 4 is 30.5 Å². The average molecular weight is 376 g/mol. The van der Waals surface area contributed by atoms with Gasteiger partial charge in [0.1, 0.15) is 0 Å². The zero-order valence-electron chi connectivity index (χ0n) is 15.0. The van der Waals surface area contributed by atoms with Crippen LogP contribution in [0.5, 0.6) is 0 Å². The topological polar surface area (TPSA) is 44.5 Å². The Kier molecular flexibility index (Phi) is 5.24. The fourth-order valence-corrected chi connectivity index (χ4v) is 3.78. The minimum atomic E-state index is -0.475. The molecule has 25 heavy (non-hydrogen) atoms. The molecule has 2 N–H and O–H groups in total. The molecule has 1 aliphatic rings. The van der Waals surface area contributed by atoms with Crippen molar-refractivity contribution in [2.24, 2.45) is 5.73 Å². The van der Waals surface area contributed by atoms with Crippen LogP contribution in [-0.4, -0.2) is 18.3 Å². The van der Waals surface area contributed by atoms with Gasteiger partial charge in [0, 0.05) is 14.8 Å². The van der Waals surface area contributed by atoms with Gasteiger partial charge < -0.3 is 15.0 Å². The Morgan fingerprint density at radius 1 is 0.960 bits per heavy atom. The SMILES string of the molecule is CC1(C)OB([C@@H](N)c2ccccc2Sc2ccc(Cl)cc2)OC1(C)C. The highest BCUT2D eigenvalue weighted by Gasteiger charge is 2.53. The first kappa shape index (κ1) is 18.8. The Labute approximate surface area is 159 Å². The Hall–Kier alpha value is -0.975. The molecule has 0 unspecified atom stereocenters. The lowest BCUT2D eigenvalue weighted by Crippen LogP contribution is -2.41. The van der Waals surface area contributed by atoms with Crippen LogP contribution in [0.4, 0.5) is 0 Å². The molecule has 0 spiro atoms. The number of nitrogens with two attached hydrogens (primary N) is 1. The van der Waals surface area contributed by atoms with E-state index in [0.29, 0.717) is 0 Å². The Morgan fingerprint density at radius 2 is 1.52 bits per heavy atom. The van der Waals surface area contributed by atoms with Gasteiger partial charge in [0.2, 0.25) is 0 Å². The van der Waals surface area contributed by atoms with Crippen LogP contribution in [0.1, 0.15) is 39.2 Å². The third kappa shape index (κ3) is 3.91. The highest BCUT2D eigenvalue weighted by Crippen LogP contribution is 2.41. The van der Waals surface area contributed by atoms with Crippen molar-refractivity contribution in [3.8, 4) is 0 Å². The lowest BCUT2D eigenvalue weighted by molar-refractivity contribution is 0.00578. The summed E-state index contributed by atoms with van der Waals surface area (Å²) in [5.74, 6) is -0.364. The van der Waals surface area contributed by atoms with Crippen molar-refractivity contribution in [3.63, 3.8) is 0 Å². The van der Waals surface area contributed by atoms with Crippen LogP contribution in [0.2, 0.25) is 5.02 Å². The summed E-state index contributed by atoms with van der Waals surface area (Å²) in [7, 11) is -0.475. The van der Waals surface area contributed by atoms with Crippen LogP contribution in [0.3, 0.4) is 0 Å². The first-order valence-corrected chi connectivity index (χ1v) is 9.53. The van der Waals surface area contributed by atoms with Crippen molar-refractivity contribution in [2.45, 2.75) is 54.6 Å². The summed E-state index contributed by atoms with van der Waals surface area (Å²) in [5, 5.41) is 0.728. The van der Waals surface area contributed by atoms with Gasteiger partial charge in [-0.25, -0.2) is 0 Å². The average Bonchev–Trinajstić information content (AvgIpc) is 2.77. The van der Waals surface area contributed by atoms with Gasteiger partial charge >= 0.3 is 7.12 Å². The smallest absolute Gasteiger partial charge is 0.402 e. The maximum Gasteiger partial charge on any atom is 0.480 e. The van der Waals surface area contributed by atoms with E-state index in [2.05, 4.69) is 6.07 Å². The number of halogens is 1. The van der Waals surface area contributed by atoms with Crippen LogP contribution < -0.4 is 5.73 Å². The fraction of sp³-hybridized carbons (Fsp3) is 0.368. The van der Waals surface area contributed by atoms with E-state index in [1.807, 2.05) is 70.2 Å². The largest absolute Gasteiger partial charge is 0.480 e. The molecule has 0 aromatic heterocycles. The molecular weight excluding hydrogens is 353 g/mol. The molecule has 0 saturated carbocycles. The third-order valence-corrected chi connectivity index (χ3v) is 6.24. The highest BCUT2D eigenvalue weighted by atomic mass is 35.5. The minimum Gasteiger partial charge on any atom is -0.402 e. The van der Waals surface area contributed by atoms with E-state index >= 15 is 0 Å². The summed E-state index contributed by atoms with van der Waals surface area (Å²) in [6, 6.07) is 15.9. The van der Waals surface area contributed by atoms with Gasteiger partial charge in [-0.1, -0.05) is 41.6 Å². The zero-order valence-corrected chi connectivity index (χ0v) is 16.5. The number of hydrogen-bond acceptors (Lipinski definition) is 4. The molecule has 2 aromatic carbocycles. The van der Waals surface area contributed by atoms with E-state index in [4.69, 9.17) is 26.6 Å². The van der Waals surface area contributed by atoms with Crippen LogP contribution in [0.15, 0.2) is 58.3 Å². The molecule has 132 valence electrons. The molecule has 6 heteroatoms. The van der Waals surface area contributed by atoms with Crippen molar-refractivity contribution in [2.75, 3.05) is 0 Å². The van der Waals surface area contributed by atoms with Gasteiger partial charge in [0.15, 0.2) is 0 Å². The molecule has 0 aliphatic carbocycles. The first-order valence-electron chi connectivity index (χ1n) is 8.33. The standard InChI is InChI=1S/C19H23BClNO2S/c1-18(2)19(3,4)24-20(23-18)17(22)15-7-5-6-8-16(15)25-14-11-9-13(21)10-12-14/h5-12,17H,22H2,1-4H3/t17-/m0/s1. The molecule has 2 aromatic rings. The third-order valence-electron chi connectivity index (χ3n) is 4.88. The first-order chi connectivity index (χ1) is 11.7. The van der Waals surface area contributed by atoms with Gasteiger partial charge in [-0.3, -0.25) is 0 Å². The number of hydrogen-bond donors (Lipinski definition) is 1. The van der Waals surface area contributed by atoms with Crippen LogP contribution in [-0.2, 0) is 9.31 Å².